The minimum absolute atomic E-state index is 0.102. The molecule has 0 saturated heterocycles. The molecule has 1 heterocycles. The van der Waals surface area contributed by atoms with E-state index in [0.29, 0.717) is 12.3 Å². The fourth-order valence-corrected chi connectivity index (χ4v) is 1.41. The number of carbonyl (C=O) groups is 1. The van der Waals surface area contributed by atoms with Gasteiger partial charge >= 0.3 is 0 Å². The van der Waals surface area contributed by atoms with E-state index in [9.17, 15) is 4.79 Å². The summed E-state index contributed by atoms with van der Waals surface area (Å²) in [5.74, 6) is -0.311. The van der Waals surface area contributed by atoms with Gasteiger partial charge in [0.1, 0.15) is 5.15 Å². The molecule has 0 aliphatic rings. The van der Waals surface area contributed by atoms with E-state index in [4.69, 9.17) is 22.1 Å². The lowest BCUT2D eigenvalue weighted by Crippen LogP contribution is -2.35. The van der Waals surface area contributed by atoms with Gasteiger partial charge in [-0.15, -0.1) is 0 Å². The molecule has 0 saturated carbocycles. The van der Waals surface area contributed by atoms with Crippen molar-refractivity contribution in [2.24, 2.45) is 0 Å². The molecular weight excluding hydrogens is 230 g/mol. The summed E-state index contributed by atoms with van der Waals surface area (Å²) in [5, 5.41) is 2.86. The van der Waals surface area contributed by atoms with Crippen molar-refractivity contribution < 1.29 is 9.53 Å². The number of nitrogens with two attached hydrogens (primary N) is 1. The van der Waals surface area contributed by atoms with E-state index in [0.717, 1.165) is 0 Å². The summed E-state index contributed by atoms with van der Waals surface area (Å²) in [4.78, 5) is 15.6. The second-order valence-electron chi connectivity index (χ2n) is 3.44. The van der Waals surface area contributed by atoms with Gasteiger partial charge < -0.3 is 15.8 Å². The Hall–Kier alpha value is -1.33. The van der Waals surface area contributed by atoms with E-state index in [1.165, 1.54) is 12.3 Å². The highest BCUT2D eigenvalue weighted by atomic mass is 35.5. The third kappa shape index (κ3) is 3.36. The lowest BCUT2D eigenvalue weighted by atomic mass is 10.2. The normalized spacial score (nSPS) is 12.2. The number of halogens is 1. The first kappa shape index (κ1) is 12.7. The molecule has 0 aromatic carbocycles. The van der Waals surface area contributed by atoms with E-state index >= 15 is 0 Å². The number of methoxy groups -OCH3 is 1. The van der Waals surface area contributed by atoms with Gasteiger partial charge in [-0.1, -0.05) is 11.6 Å². The van der Waals surface area contributed by atoms with Crippen molar-refractivity contribution in [2.75, 3.05) is 19.5 Å². The van der Waals surface area contributed by atoms with Crippen LogP contribution in [0.3, 0.4) is 0 Å². The highest BCUT2D eigenvalue weighted by Gasteiger charge is 2.14. The Balaban J connectivity index is 2.76. The maximum atomic E-state index is 11.8. The van der Waals surface area contributed by atoms with Crippen LogP contribution < -0.4 is 11.1 Å². The summed E-state index contributed by atoms with van der Waals surface area (Å²) >= 11 is 5.79. The summed E-state index contributed by atoms with van der Waals surface area (Å²) in [6, 6.07) is 1.39. The van der Waals surface area contributed by atoms with Crippen LogP contribution in [0.15, 0.2) is 12.3 Å². The summed E-state index contributed by atoms with van der Waals surface area (Å²) in [6.45, 7) is 2.26. The molecule has 6 heteroatoms. The van der Waals surface area contributed by atoms with Gasteiger partial charge in [-0.2, -0.15) is 0 Å². The Morgan fingerprint density at radius 3 is 3.06 bits per heavy atom. The smallest absolute Gasteiger partial charge is 0.254 e. The number of anilines is 1. The van der Waals surface area contributed by atoms with Crippen LogP contribution in [0.1, 0.15) is 17.3 Å². The average Bonchev–Trinajstić information content (AvgIpc) is 2.21. The molecule has 3 N–H and O–H groups in total. The number of pyridine rings is 1. The van der Waals surface area contributed by atoms with Gasteiger partial charge in [-0.05, 0) is 13.0 Å². The minimum Gasteiger partial charge on any atom is -0.397 e. The van der Waals surface area contributed by atoms with Crippen molar-refractivity contribution in [2.45, 2.75) is 13.0 Å². The predicted molar refractivity (Wildman–Crippen MR) is 62.5 cm³/mol. The highest BCUT2D eigenvalue weighted by molar-refractivity contribution is 6.32. The average molecular weight is 244 g/mol. The van der Waals surface area contributed by atoms with Gasteiger partial charge in [0.2, 0.25) is 0 Å². The molecule has 1 aromatic heterocycles. The van der Waals surface area contributed by atoms with Crippen LogP contribution in [-0.2, 0) is 4.74 Å². The largest absolute Gasteiger partial charge is 0.397 e. The number of amides is 1. The van der Waals surface area contributed by atoms with Gasteiger partial charge in [-0.3, -0.25) is 4.79 Å². The van der Waals surface area contributed by atoms with Gasteiger partial charge in [0.25, 0.3) is 5.91 Å². The quantitative estimate of drug-likeness (QED) is 0.776. The topological polar surface area (TPSA) is 77.2 Å². The van der Waals surface area contributed by atoms with E-state index in [-0.39, 0.29) is 22.7 Å². The van der Waals surface area contributed by atoms with E-state index in [2.05, 4.69) is 10.3 Å². The van der Waals surface area contributed by atoms with E-state index in [1.54, 1.807) is 7.11 Å². The number of nitrogen functional groups attached to an aromatic ring is 1. The summed E-state index contributed by atoms with van der Waals surface area (Å²) < 4.78 is 4.91. The van der Waals surface area contributed by atoms with Crippen molar-refractivity contribution in [3.63, 3.8) is 0 Å². The first-order valence-corrected chi connectivity index (χ1v) is 5.13. The zero-order chi connectivity index (χ0) is 12.1. The number of rotatable bonds is 4. The van der Waals surface area contributed by atoms with Gasteiger partial charge in [0.15, 0.2) is 0 Å². The van der Waals surface area contributed by atoms with Crippen LogP contribution in [0.4, 0.5) is 5.69 Å². The summed E-state index contributed by atoms with van der Waals surface area (Å²) in [6.07, 6.45) is 1.40. The molecule has 5 nitrogen and oxygen atoms in total. The molecular formula is C10H14ClN3O2. The number of hydrogen-bond donors (Lipinski definition) is 2. The first-order valence-electron chi connectivity index (χ1n) is 4.75. The molecule has 0 aliphatic carbocycles. The van der Waals surface area contributed by atoms with Crippen LogP contribution in [0.5, 0.6) is 0 Å². The lowest BCUT2D eigenvalue weighted by Gasteiger charge is -2.13. The van der Waals surface area contributed by atoms with Crippen LogP contribution in [0.25, 0.3) is 0 Å². The van der Waals surface area contributed by atoms with E-state index in [1.807, 2.05) is 6.92 Å². The van der Waals surface area contributed by atoms with Crippen LogP contribution in [0, 0.1) is 0 Å². The zero-order valence-corrected chi connectivity index (χ0v) is 9.91. The molecule has 0 spiro atoms. The Bertz CT molecular complexity index is 384. The third-order valence-electron chi connectivity index (χ3n) is 1.90. The molecule has 16 heavy (non-hydrogen) atoms. The van der Waals surface area contributed by atoms with Gasteiger partial charge in [0.05, 0.1) is 24.1 Å². The maximum Gasteiger partial charge on any atom is 0.254 e. The molecule has 1 aromatic rings. The fraction of sp³-hybridized carbons (Fsp3) is 0.400. The van der Waals surface area contributed by atoms with Crippen molar-refractivity contribution in [3.05, 3.63) is 23.0 Å². The maximum absolute atomic E-state index is 11.8. The van der Waals surface area contributed by atoms with Crippen LogP contribution >= 0.6 is 11.6 Å². The molecule has 88 valence electrons. The molecule has 0 bridgehead atoms. The molecule has 1 atom stereocenters. The monoisotopic (exact) mass is 243 g/mol. The number of nitrogens with one attached hydrogen (secondary N) is 1. The first-order chi connectivity index (χ1) is 7.54. The summed E-state index contributed by atoms with van der Waals surface area (Å²) in [7, 11) is 1.57. The van der Waals surface area contributed by atoms with Crippen molar-refractivity contribution >= 4 is 23.2 Å². The van der Waals surface area contributed by atoms with Crippen LogP contribution in [0.2, 0.25) is 5.15 Å². The Kier molecular flexibility index (Phi) is 4.52. The number of carbonyl (C=O) groups excluding carboxylic acids is 1. The lowest BCUT2D eigenvalue weighted by molar-refractivity contribution is 0.0905. The third-order valence-corrected chi connectivity index (χ3v) is 2.20. The zero-order valence-electron chi connectivity index (χ0n) is 9.16. The van der Waals surface area contributed by atoms with Crippen molar-refractivity contribution in [3.8, 4) is 0 Å². The predicted octanol–water partition coefficient (Wildman–Crippen LogP) is 1.08. The molecule has 1 rings (SSSR count). The van der Waals surface area contributed by atoms with Crippen molar-refractivity contribution in [1.82, 2.24) is 10.3 Å². The number of ether oxygens (including phenoxy) is 1. The van der Waals surface area contributed by atoms with Gasteiger partial charge in [0, 0.05) is 13.2 Å². The Morgan fingerprint density at radius 1 is 1.75 bits per heavy atom. The summed E-state index contributed by atoms with van der Waals surface area (Å²) in [5.41, 5.74) is 6.19. The number of hydrogen-bond acceptors (Lipinski definition) is 4. The number of nitrogens with zero attached hydrogens (tertiary/aromatic N) is 1. The second-order valence-corrected chi connectivity index (χ2v) is 3.79. The highest BCUT2D eigenvalue weighted by Crippen LogP contribution is 2.15. The molecule has 1 amide bonds. The minimum atomic E-state index is -0.311. The molecule has 0 fully saturated rings. The number of aromatic nitrogens is 1. The van der Waals surface area contributed by atoms with Crippen molar-refractivity contribution in [1.29, 1.82) is 0 Å². The second kappa shape index (κ2) is 5.67. The van der Waals surface area contributed by atoms with Crippen LogP contribution in [-0.4, -0.2) is 30.6 Å². The Morgan fingerprint density at radius 2 is 2.44 bits per heavy atom. The standard InChI is InChI=1S/C10H14ClN3O2/c1-6(5-16-2)14-10(15)8-3-7(12)4-13-9(8)11/h3-4,6H,5,12H2,1-2H3,(H,14,15). The van der Waals surface area contributed by atoms with Gasteiger partial charge in [-0.25, -0.2) is 4.98 Å². The molecule has 1 unspecified atom stereocenters. The van der Waals surface area contributed by atoms with E-state index < -0.39 is 0 Å². The Labute approximate surface area is 98.9 Å². The molecule has 0 radical (unpaired) electrons. The SMILES string of the molecule is COCC(C)NC(=O)c1cc(N)cnc1Cl. The fourth-order valence-electron chi connectivity index (χ4n) is 1.22. The molecule has 0 aliphatic heterocycles.